The lowest BCUT2D eigenvalue weighted by Crippen LogP contribution is -2.52. The Labute approximate surface area is 148 Å². The van der Waals surface area contributed by atoms with Gasteiger partial charge in [0.05, 0.1) is 12.2 Å². The Morgan fingerprint density at radius 3 is 2.50 bits per heavy atom. The molecule has 2 aliphatic rings. The fourth-order valence-corrected chi connectivity index (χ4v) is 3.12. The molecule has 1 aromatic rings. The first-order valence-corrected chi connectivity index (χ1v) is 8.52. The average molecular weight is 371 g/mol. The van der Waals surface area contributed by atoms with Gasteiger partial charge in [-0.3, -0.25) is 14.5 Å². The first-order chi connectivity index (χ1) is 12.5. The number of hydrogen-bond acceptors (Lipinski definition) is 4. The zero-order chi connectivity index (χ0) is 18.7. The van der Waals surface area contributed by atoms with Crippen molar-refractivity contribution in [3.05, 3.63) is 29.6 Å². The lowest BCUT2D eigenvalue weighted by Gasteiger charge is -2.35. The minimum Gasteiger partial charge on any atom is -0.368 e. The molecule has 1 atom stereocenters. The number of amides is 2. The van der Waals surface area contributed by atoms with Gasteiger partial charge in [-0.1, -0.05) is 0 Å². The molecule has 142 valence electrons. The van der Waals surface area contributed by atoms with Crippen LogP contribution >= 0.6 is 0 Å². The van der Waals surface area contributed by atoms with Crippen LogP contribution in [0.2, 0.25) is 0 Å². The molecule has 2 amide bonds. The highest BCUT2D eigenvalue weighted by atomic mass is 19.2. The fraction of sp³-hybridized carbons (Fsp3) is 0.529. The second-order valence-corrected chi connectivity index (χ2v) is 6.37. The molecule has 0 saturated carbocycles. The molecule has 3 rings (SSSR count). The summed E-state index contributed by atoms with van der Waals surface area (Å²) in [4.78, 5) is 27.8. The number of nitrogens with zero attached hydrogens (tertiary/aromatic N) is 2. The molecule has 9 heteroatoms. The first kappa shape index (κ1) is 18.7. The summed E-state index contributed by atoms with van der Waals surface area (Å²) in [7, 11) is 0. The molecule has 2 heterocycles. The number of halogens is 3. The molecule has 2 saturated heterocycles. The Morgan fingerprint density at radius 1 is 1.12 bits per heavy atom. The zero-order valence-electron chi connectivity index (χ0n) is 14.1. The van der Waals surface area contributed by atoms with Crippen molar-refractivity contribution in [1.82, 2.24) is 9.80 Å². The van der Waals surface area contributed by atoms with Crippen LogP contribution in [0.15, 0.2) is 12.1 Å². The predicted molar refractivity (Wildman–Crippen MR) is 86.9 cm³/mol. The van der Waals surface area contributed by atoms with Gasteiger partial charge in [-0.05, 0) is 25.0 Å². The molecule has 0 aliphatic carbocycles. The smallest absolute Gasteiger partial charge is 0.251 e. The number of benzene rings is 1. The summed E-state index contributed by atoms with van der Waals surface area (Å²) in [5, 5.41) is 2.24. The molecule has 1 N–H and O–H groups in total. The zero-order valence-corrected chi connectivity index (χ0v) is 14.1. The van der Waals surface area contributed by atoms with Crippen molar-refractivity contribution in [3.63, 3.8) is 0 Å². The molecule has 0 spiro atoms. The highest BCUT2D eigenvalue weighted by molar-refractivity contribution is 5.92. The number of anilines is 1. The molecular weight excluding hydrogens is 351 g/mol. The topological polar surface area (TPSA) is 61.9 Å². The van der Waals surface area contributed by atoms with Gasteiger partial charge in [0, 0.05) is 32.8 Å². The summed E-state index contributed by atoms with van der Waals surface area (Å²) in [5.74, 6) is -4.91. The number of piperazine rings is 1. The van der Waals surface area contributed by atoms with E-state index in [4.69, 9.17) is 4.74 Å². The van der Waals surface area contributed by atoms with E-state index < -0.39 is 29.0 Å². The van der Waals surface area contributed by atoms with Crippen molar-refractivity contribution in [2.75, 3.05) is 44.6 Å². The third-order valence-corrected chi connectivity index (χ3v) is 4.57. The second-order valence-electron chi connectivity index (χ2n) is 6.37. The summed E-state index contributed by atoms with van der Waals surface area (Å²) in [6, 6.07) is 1.73. The van der Waals surface area contributed by atoms with Crippen molar-refractivity contribution < 1.29 is 27.5 Å². The van der Waals surface area contributed by atoms with Gasteiger partial charge in [0.25, 0.3) is 5.91 Å². The number of carbonyl (C=O) groups is 2. The second kappa shape index (κ2) is 8.05. The van der Waals surface area contributed by atoms with E-state index in [0.717, 1.165) is 25.0 Å². The van der Waals surface area contributed by atoms with E-state index in [-0.39, 0.29) is 18.6 Å². The monoisotopic (exact) mass is 371 g/mol. The predicted octanol–water partition coefficient (Wildman–Crippen LogP) is 1.37. The van der Waals surface area contributed by atoms with E-state index in [1.54, 1.807) is 4.90 Å². The van der Waals surface area contributed by atoms with Crippen molar-refractivity contribution >= 4 is 17.5 Å². The van der Waals surface area contributed by atoms with E-state index in [1.807, 2.05) is 4.90 Å². The first-order valence-electron chi connectivity index (χ1n) is 8.52. The van der Waals surface area contributed by atoms with Crippen molar-refractivity contribution in [2.24, 2.45) is 0 Å². The van der Waals surface area contributed by atoms with Crippen LogP contribution in [0.3, 0.4) is 0 Å². The van der Waals surface area contributed by atoms with Crippen LogP contribution in [0.25, 0.3) is 0 Å². The Morgan fingerprint density at radius 2 is 1.85 bits per heavy atom. The molecule has 2 aliphatic heterocycles. The Hall–Kier alpha value is -2.13. The number of nitrogens with one attached hydrogen (secondary N) is 1. The van der Waals surface area contributed by atoms with Gasteiger partial charge < -0.3 is 15.0 Å². The van der Waals surface area contributed by atoms with Gasteiger partial charge in [0.2, 0.25) is 5.91 Å². The van der Waals surface area contributed by atoms with Gasteiger partial charge in [-0.15, -0.1) is 0 Å². The molecule has 0 aromatic heterocycles. The summed E-state index contributed by atoms with van der Waals surface area (Å²) in [5.41, 5.74) is -0.402. The van der Waals surface area contributed by atoms with Gasteiger partial charge in [0.15, 0.2) is 17.5 Å². The minimum atomic E-state index is -1.62. The molecule has 1 unspecified atom stereocenters. The Kier molecular flexibility index (Phi) is 5.77. The lowest BCUT2D eigenvalue weighted by molar-refractivity contribution is -0.142. The number of carbonyl (C=O) groups excluding carboxylic acids is 2. The number of hydrogen-bond donors (Lipinski definition) is 1. The summed E-state index contributed by atoms with van der Waals surface area (Å²) < 4.78 is 45.1. The molecule has 26 heavy (non-hydrogen) atoms. The normalized spacial score (nSPS) is 21.0. The van der Waals surface area contributed by atoms with Gasteiger partial charge in [-0.2, -0.15) is 0 Å². The summed E-state index contributed by atoms with van der Waals surface area (Å²) >= 11 is 0. The van der Waals surface area contributed by atoms with Crippen LogP contribution in [-0.4, -0.2) is 67.0 Å². The highest BCUT2D eigenvalue weighted by Crippen LogP contribution is 2.20. The summed E-state index contributed by atoms with van der Waals surface area (Å²) in [6.07, 6.45) is 1.26. The van der Waals surface area contributed by atoms with Crippen LogP contribution in [0, 0.1) is 17.5 Å². The van der Waals surface area contributed by atoms with E-state index in [1.165, 1.54) is 0 Å². The molecule has 6 nitrogen and oxygen atoms in total. The average Bonchev–Trinajstić information content (AvgIpc) is 3.17. The minimum absolute atomic E-state index is 0.0181. The van der Waals surface area contributed by atoms with E-state index in [2.05, 4.69) is 5.32 Å². The third kappa shape index (κ3) is 4.16. The molecule has 2 fully saturated rings. The van der Waals surface area contributed by atoms with Crippen molar-refractivity contribution in [2.45, 2.75) is 18.9 Å². The van der Waals surface area contributed by atoms with E-state index >= 15 is 0 Å². The maximum absolute atomic E-state index is 13.6. The quantitative estimate of drug-likeness (QED) is 0.812. The van der Waals surface area contributed by atoms with E-state index in [0.29, 0.717) is 32.8 Å². The van der Waals surface area contributed by atoms with Crippen LogP contribution < -0.4 is 5.32 Å². The van der Waals surface area contributed by atoms with Crippen LogP contribution in [0.5, 0.6) is 0 Å². The Bertz CT molecular complexity index is 687. The van der Waals surface area contributed by atoms with Crippen molar-refractivity contribution in [3.8, 4) is 0 Å². The number of rotatable bonds is 4. The van der Waals surface area contributed by atoms with Gasteiger partial charge in [-0.25, -0.2) is 13.2 Å². The third-order valence-electron chi connectivity index (χ3n) is 4.57. The number of ether oxygens (including phenoxy) is 1. The SMILES string of the molecule is O=C(CN1CCN(C(=O)C2CCCO2)CC1)Nc1ccc(F)c(F)c1F. The maximum Gasteiger partial charge on any atom is 0.251 e. The largest absolute Gasteiger partial charge is 0.368 e. The fourth-order valence-electron chi connectivity index (χ4n) is 3.12. The Balaban J connectivity index is 1.47. The van der Waals surface area contributed by atoms with Gasteiger partial charge in [0.1, 0.15) is 6.10 Å². The van der Waals surface area contributed by atoms with Gasteiger partial charge >= 0.3 is 0 Å². The van der Waals surface area contributed by atoms with Crippen LogP contribution in [-0.2, 0) is 14.3 Å². The standard InChI is InChI=1S/C17H20F3N3O3/c18-11-3-4-12(16(20)15(11)19)21-14(24)10-22-5-7-23(8-6-22)17(25)13-2-1-9-26-13/h3-4,13H,1-2,5-10H2,(H,21,24). The van der Waals surface area contributed by atoms with Crippen molar-refractivity contribution in [1.29, 1.82) is 0 Å². The molecular formula is C17H20F3N3O3. The maximum atomic E-state index is 13.6. The van der Waals surface area contributed by atoms with E-state index in [9.17, 15) is 22.8 Å². The molecule has 0 bridgehead atoms. The molecule has 0 radical (unpaired) electrons. The van der Waals surface area contributed by atoms with Crippen LogP contribution in [0.4, 0.5) is 18.9 Å². The van der Waals surface area contributed by atoms with Crippen LogP contribution in [0.1, 0.15) is 12.8 Å². The highest BCUT2D eigenvalue weighted by Gasteiger charge is 2.30. The summed E-state index contributed by atoms with van der Waals surface area (Å²) in [6.45, 7) is 2.52. The molecule has 1 aromatic carbocycles. The lowest BCUT2D eigenvalue weighted by atomic mass is 10.2.